The zero-order valence-electron chi connectivity index (χ0n) is 18.3. The molecule has 1 aromatic rings. The Labute approximate surface area is 167 Å². The molecule has 0 aliphatic carbocycles. The van der Waals surface area contributed by atoms with Gasteiger partial charge >= 0.3 is 0 Å². The Morgan fingerprint density at radius 2 is 1.41 bits per heavy atom. The molecule has 0 aliphatic heterocycles. The lowest BCUT2D eigenvalue weighted by Crippen LogP contribution is -2.36. The molecule has 0 saturated heterocycles. The summed E-state index contributed by atoms with van der Waals surface area (Å²) in [6.45, 7) is 5.99. The van der Waals surface area contributed by atoms with E-state index >= 15 is 0 Å². The molecule has 4 heteroatoms. The van der Waals surface area contributed by atoms with Crippen molar-refractivity contribution in [3.63, 3.8) is 0 Å². The van der Waals surface area contributed by atoms with Gasteiger partial charge in [0.25, 0.3) is 0 Å². The standard InChI is InChI=1S/C23H41N3O/c1-6-7-13-22(21-14-9-8-10-15-21)20-23(27)26(18-11-16-24(2)3)19-12-17-25(4)5/h8-10,14-15,22H,6-7,11-13,16-20H2,1-5H3. The van der Waals surface area contributed by atoms with E-state index < -0.39 is 0 Å². The van der Waals surface area contributed by atoms with E-state index in [0.29, 0.717) is 18.2 Å². The Balaban J connectivity index is 2.73. The van der Waals surface area contributed by atoms with E-state index in [1.54, 1.807) is 0 Å². The molecule has 0 radical (unpaired) electrons. The molecule has 4 nitrogen and oxygen atoms in total. The zero-order valence-corrected chi connectivity index (χ0v) is 18.3. The molecule has 1 unspecified atom stereocenters. The predicted molar refractivity (Wildman–Crippen MR) is 116 cm³/mol. The van der Waals surface area contributed by atoms with Gasteiger partial charge in [-0.1, -0.05) is 50.1 Å². The van der Waals surface area contributed by atoms with Crippen LogP contribution in [0.25, 0.3) is 0 Å². The number of nitrogens with zero attached hydrogens (tertiary/aromatic N) is 3. The first kappa shape index (κ1) is 23.6. The highest BCUT2D eigenvalue weighted by atomic mass is 16.2. The monoisotopic (exact) mass is 375 g/mol. The minimum absolute atomic E-state index is 0.317. The van der Waals surface area contributed by atoms with E-state index in [1.807, 2.05) is 0 Å². The van der Waals surface area contributed by atoms with E-state index in [-0.39, 0.29) is 0 Å². The number of benzene rings is 1. The van der Waals surface area contributed by atoms with Crippen molar-refractivity contribution in [3.8, 4) is 0 Å². The predicted octanol–water partition coefficient (Wildman–Crippen LogP) is 4.08. The fraction of sp³-hybridized carbons (Fsp3) is 0.696. The number of hydrogen-bond acceptors (Lipinski definition) is 3. The van der Waals surface area contributed by atoms with Crippen LogP contribution in [-0.2, 0) is 4.79 Å². The van der Waals surface area contributed by atoms with Crippen molar-refractivity contribution in [2.75, 3.05) is 54.4 Å². The van der Waals surface area contributed by atoms with Crippen molar-refractivity contribution >= 4 is 5.91 Å². The van der Waals surface area contributed by atoms with Crippen molar-refractivity contribution in [2.45, 2.75) is 51.4 Å². The molecule has 27 heavy (non-hydrogen) atoms. The number of amides is 1. The molecule has 0 N–H and O–H groups in total. The average molecular weight is 376 g/mol. The fourth-order valence-electron chi connectivity index (χ4n) is 3.42. The average Bonchev–Trinajstić information content (AvgIpc) is 2.63. The Hall–Kier alpha value is -1.39. The van der Waals surface area contributed by atoms with Crippen molar-refractivity contribution in [1.82, 2.24) is 14.7 Å². The van der Waals surface area contributed by atoms with Crippen molar-refractivity contribution in [1.29, 1.82) is 0 Å². The molecule has 1 amide bonds. The highest BCUT2D eigenvalue weighted by molar-refractivity contribution is 5.77. The topological polar surface area (TPSA) is 26.8 Å². The summed E-state index contributed by atoms with van der Waals surface area (Å²) in [5.41, 5.74) is 1.31. The molecule has 1 aromatic carbocycles. The van der Waals surface area contributed by atoms with Gasteiger partial charge in [-0.25, -0.2) is 0 Å². The first-order valence-corrected chi connectivity index (χ1v) is 10.6. The van der Waals surface area contributed by atoms with Gasteiger partial charge in [-0.3, -0.25) is 4.79 Å². The smallest absolute Gasteiger partial charge is 0.223 e. The fourth-order valence-corrected chi connectivity index (χ4v) is 3.42. The molecule has 0 aromatic heterocycles. The summed E-state index contributed by atoms with van der Waals surface area (Å²) < 4.78 is 0. The lowest BCUT2D eigenvalue weighted by molar-refractivity contribution is -0.131. The van der Waals surface area contributed by atoms with Gasteiger partial charge in [0.1, 0.15) is 0 Å². The van der Waals surface area contributed by atoms with Gasteiger partial charge in [0.15, 0.2) is 0 Å². The lowest BCUT2D eigenvalue weighted by atomic mass is 9.90. The van der Waals surface area contributed by atoms with Gasteiger partial charge in [-0.15, -0.1) is 0 Å². The van der Waals surface area contributed by atoms with Crippen molar-refractivity contribution in [3.05, 3.63) is 35.9 Å². The normalized spacial score (nSPS) is 12.6. The second-order valence-corrected chi connectivity index (χ2v) is 8.15. The first-order valence-electron chi connectivity index (χ1n) is 10.6. The van der Waals surface area contributed by atoms with Gasteiger partial charge in [-0.05, 0) is 72.0 Å². The summed E-state index contributed by atoms with van der Waals surface area (Å²) in [7, 11) is 8.37. The lowest BCUT2D eigenvalue weighted by Gasteiger charge is -2.27. The second kappa shape index (κ2) is 13.7. The van der Waals surface area contributed by atoms with Crippen LogP contribution >= 0.6 is 0 Å². The Bertz CT molecular complexity index is 488. The molecular weight excluding hydrogens is 334 g/mol. The van der Waals surface area contributed by atoms with Gasteiger partial charge in [0.05, 0.1) is 0 Å². The van der Waals surface area contributed by atoms with Gasteiger partial charge in [-0.2, -0.15) is 0 Å². The number of rotatable bonds is 14. The first-order chi connectivity index (χ1) is 12.9. The van der Waals surface area contributed by atoms with Crippen LogP contribution in [0.2, 0.25) is 0 Å². The summed E-state index contributed by atoms with van der Waals surface area (Å²) in [4.78, 5) is 19.6. The molecule has 0 heterocycles. The Kier molecular flexibility index (Phi) is 12.0. The Morgan fingerprint density at radius 3 is 1.89 bits per heavy atom. The Morgan fingerprint density at radius 1 is 0.852 bits per heavy atom. The maximum Gasteiger partial charge on any atom is 0.223 e. The number of carbonyl (C=O) groups excluding carboxylic acids is 1. The van der Waals surface area contributed by atoms with Crippen LogP contribution in [0.4, 0.5) is 0 Å². The number of unbranched alkanes of at least 4 members (excludes halogenated alkanes) is 1. The van der Waals surface area contributed by atoms with Crippen LogP contribution in [0.1, 0.15) is 56.9 Å². The van der Waals surface area contributed by atoms with Crippen LogP contribution in [0.5, 0.6) is 0 Å². The van der Waals surface area contributed by atoms with E-state index in [1.165, 1.54) is 18.4 Å². The minimum Gasteiger partial charge on any atom is -0.343 e. The zero-order chi connectivity index (χ0) is 20.1. The third kappa shape index (κ3) is 10.5. The number of hydrogen-bond donors (Lipinski definition) is 0. The minimum atomic E-state index is 0.317. The molecule has 1 rings (SSSR count). The van der Waals surface area contributed by atoms with Gasteiger partial charge in [0.2, 0.25) is 5.91 Å². The van der Waals surface area contributed by atoms with Crippen molar-refractivity contribution in [2.24, 2.45) is 0 Å². The second-order valence-electron chi connectivity index (χ2n) is 8.15. The third-order valence-corrected chi connectivity index (χ3v) is 5.02. The van der Waals surface area contributed by atoms with E-state index in [2.05, 4.69) is 80.1 Å². The van der Waals surface area contributed by atoms with Gasteiger partial charge < -0.3 is 14.7 Å². The largest absolute Gasteiger partial charge is 0.343 e. The molecule has 0 spiro atoms. The molecule has 0 bridgehead atoms. The van der Waals surface area contributed by atoms with Crippen LogP contribution in [0.15, 0.2) is 30.3 Å². The summed E-state index contributed by atoms with van der Waals surface area (Å²) in [5.74, 6) is 0.654. The van der Waals surface area contributed by atoms with E-state index in [9.17, 15) is 4.79 Å². The van der Waals surface area contributed by atoms with E-state index in [4.69, 9.17) is 0 Å². The number of carbonyl (C=O) groups is 1. The van der Waals surface area contributed by atoms with Crippen LogP contribution in [-0.4, -0.2) is 75.0 Å². The maximum absolute atomic E-state index is 13.1. The SMILES string of the molecule is CCCCC(CC(=O)N(CCCN(C)C)CCCN(C)C)c1ccccc1. The molecular formula is C23H41N3O. The quantitative estimate of drug-likeness (QED) is 0.490. The van der Waals surface area contributed by atoms with Crippen molar-refractivity contribution < 1.29 is 4.79 Å². The summed E-state index contributed by atoms with van der Waals surface area (Å²) in [6, 6.07) is 10.6. The summed E-state index contributed by atoms with van der Waals surface area (Å²) in [6.07, 6.45) is 6.14. The molecule has 154 valence electrons. The van der Waals surface area contributed by atoms with Crippen LogP contribution in [0.3, 0.4) is 0 Å². The van der Waals surface area contributed by atoms with Crippen LogP contribution in [0, 0.1) is 0 Å². The maximum atomic E-state index is 13.1. The summed E-state index contributed by atoms with van der Waals surface area (Å²) in [5, 5.41) is 0. The summed E-state index contributed by atoms with van der Waals surface area (Å²) >= 11 is 0. The van der Waals surface area contributed by atoms with Crippen LogP contribution < -0.4 is 0 Å². The molecule has 0 fully saturated rings. The highest BCUT2D eigenvalue weighted by Crippen LogP contribution is 2.26. The highest BCUT2D eigenvalue weighted by Gasteiger charge is 2.20. The third-order valence-electron chi connectivity index (χ3n) is 5.02. The molecule has 0 saturated carbocycles. The molecule has 1 atom stereocenters. The molecule has 0 aliphatic rings. The van der Waals surface area contributed by atoms with E-state index in [0.717, 1.165) is 45.4 Å². The van der Waals surface area contributed by atoms with Gasteiger partial charge in [0, 0.05) is 19.5 Å².